The highest BCUT2D eigenvalue weighted by Gasteiger charge is 2.06. The first kappa shape index (κ1) is 15.1. The summed E-state index contributed by atoms with van der Waals surface area (Å²) in [6.07, 6.45) is 2.35. The zero-order chi connectivity index (χ0) is 14.3. The summed E-state index contributed by atoms with van der Waals surface area (Å²) in [6.45, 7) is 4.42. The summed E-state index contributed by atoms with van der Waals surface area (Å²) >= 11 is 0. The Bertz CT molecular complexity index is 429. The lowest BCUT2D eigenvalue weighted by Gasteiger charge is -2.07. The summed E-state index contributed by atoms with van der Waals surface area (Å²) in [5, 5.41) is 11.3. The van der Waals surface area contributed by atoms with Gasteiger partial charge in [-0.2, -0.15) is 0 Å². The van der Waals surface area contributed by atoms with Crippen molar-refractivity contribution in [3.05, 3.63) is 23.9 Å². The quantitative estimate of drug-likeness (QED) is 0.736. The first-order valence-corrected chi connectivity index (χ1v) is 6.10. The molecule has 0 saturated heterocycles. The number of nitrogens with zero attached hydrogens (tertiary/aromatic N) is 1. The van der Waals surface area contributed by atoms with Gasteiger partial charge in [0.1, 0.15) is 5.82 Å². The van der Waals surface area contributed by atoms with Crippen molar-refractivity contribution in [3.63, 3.8) is 0 Å². The predicted octanol–water partition coefficient (Wildman–Crippen LogP) is 1.92. The molecule has 2 N–H and O–H groups in total. The Morgan fingerprint density at radius 3 is 2.68 bits per heavy atom. The minimum absolute atomic E-state index is 0.0864. The van der Waals surface area contributed by atoms with Gasteiger partial charge in [0, 0.05) is 19.2 Å². The van der Waals surface area contributed by atoms with Crippen LogP contribution in [0.25, 0.3) is 0 Å². The van der Waals surface area contributed by atoms with E-state index in [2.05, 4.69) is 10.3 Å². The highest BCUT2D eigenvalue weighted by atomic mass is 16.5. The van der Waals surface area contributed by atoms with E-state index >= 15 is 0 Å². The van der Waals surface area contributed by atoms with Gasteiger partial charge in [0.25, 0.3) is 0 Å². The first-order chi connectivity index (χ1) is 8.99. The summed E-state index contributed by atoms with van der Waals surface area (Å²) in [6, 6.07) is 2.86. The minimum atomic E-state index is -1.05. The molecular formula is C13H18N2O4. The molecule has 1 heterocycles. The van der Waals surface area contributed by atoms with Crippen LogP contribution in [0.3, 0.4) is 0 Å². The third-order valence-corrected chi connectivity index (χ3v) is 2.28. The van der Waals surface area contributed by atoms with Gasteiger partial charge in [-0.05, 0) is 32.4 Å². The summed E-state index contributed by atoms with van der Waals surface area (Å²) < 4.78 is 5.32. The molecule has 6 heteroatoms. The fraction of sp³-hybridized carbons (Fsp3) is 0.462. The van der Waals surface area contributed by atoms with Crippen molar-refractivity contribution >= 4 is 17.7 Å². The van der Waals surface area contributed by atoms with Crippen molar-refractivity contribution < 1.29 is 19.4 Å². The van der Waals surface area contributed by atoms with Gasteiger partial charge in [-0.3, -0.25) is 4.79 Å². The van der Waals surface area contributed by atoms with E-state index in [-0.39, 0.29) is 17.6 Å². The molecule has 0 atom stereocenters. The van der Waals surface area contributed by atoms with E-state index in [4.69, 9.17) is 9.84 Å². The van der Waals surface area contributed by atoms with E-state index in [0.29, 0.717) is 25.3 Å². The Kier molecular flexibility index (Phi) is 5.95. The van der Waals surface area contributed by atoms with E-state index in [1.54, 1.807) is 0 Å². The maximum absolute atomic E-state index is 11.6. The Labute approximate surface area is 111 Å². The van der Waals surface area contributed by atoms with Gasteiger partial charge in [-0.25, -0.2) is 9.78 Å². The van der Waals surface area contributed by atoms with Crippen LogP contribution in [-0.2, 0) is 9.53 Å². The molecule has 104 valence electrons. The Hall–Kier alpha value is -1.95. The van der Waals surface area contributed by atoms with Gasteiger partial charge >= 0.3 is 5.97 Å². The molecule has 1 amide bonds. The minimum Gasteiger partial charge on any atom is -0.478 e. The number of ether oxygens (including phenoxy) is 1. The van der Waals surface area contributed by atoms with Crippen LogP contribution in [0, 0.1) is 0 Å². The second-order valence-electron chi connectivity index (χ2n) is 4.31. The maximum Gasteiger partial charge on any atom is 0.337 e. The van der Waals surface area contributed by atoms with Crippen molar-refractivity contribution in [3.8, 4) is 0 Å². The molecule has 0 fully saturated rings. The summed E-state index contributed by atoms with van der Waals surface area (Å²) in [4.78, 5) is 26.0. The van der Waals surface area contributed by atoms with Crippen molar-refractivity contribution in [1.29, 1.82) is 0 Å². The number of carboxylic acid groups (broad SMARTS) is 1. The number of amides is 1. The molecule has 0 saturated carbocycles. The fourth-order valence-corrected chi connectivity index (χ4v) is 1.35. The van der Waals surface area contributed by atoms with Crippen LogP contribution in [0.2, 0.25) is 0 Å². The van der Waals surface area contributed by atoms with Crippen molar-refractivity contribution in [2.45, 2.75) is 32.8 Å². The molecule has 0 radical (unpaired) electrons. The lowest BCUT2D eigenvalue weighted by molar-refractivity contribution is -0.116. The molecule has 0 bridgehead atoms. The van der Waals surface area contributed by atoms with Gasteiger partial charge in [0.05, 0.1) is 11.7 Å². The standard InChI is InChI=1S/C13H18N2O4/c1-9(2)19-7-3-4-12(16)15-11-6-5-10(8-14-11)13(17)18/h5-6,8-9H,3-4,7H2,1-2H3,(H,17,18)(H,14,15,16). The number of aromatic nitrogens is 1. The smallest absolute Gasteiger partial charge is 0.337 e. The van der Waals surface area contributed by atoms with E-state index in [1.165, 1.54) is 18.3 Å². The topological polar surface area (TPSA) is 88.5 Å². The molecule has 1 aromatic heterocycles. The van der Waals surface area contributed by atoms with E-state index in [9.17, 15) is 9.59 Å². The number of hydrogen-bond acceptors (Lipinski definition) is 4. The molecule has 0 aliphatic carbocycles. The lowest BCUT2D eigenvalue weighted by Crippen LogP contribution is -2.14. The molecule has 0 aliphatic rings. The first-order valence-electron chi connectivity index (χ1n) is 6.10. The number of pyridine rings is 1. The monoisotopic (exact) mass is 266 g/mol. The second kappa shape index (κ2) is 7.48. The van der Waals surface area contributed by atoms with Crippen LogP contribution in [0.5, 0.6) is 0 Å². The maximum atomic E-state index is 11.6. The number of aromatic carboxylic acids is 1. The number of anilines is 1. The van der Waals surface area contributed by atoms with Crippen molar-refractivity contribution in [1.82, 2.24) is 4.98 Å². The van der Waals surface area contributed by atoms with Crippen LogP contribution in [0.4, 0.5) is 5.82 Å². The van der Waals surface area contributed by atoms with E-state index in [0.717, 1.165) is 0 Å². The van der Waals surface area contributed by atoms with Gasteiger partial charge in [-0.1, -0.05) is 0 Å². The summed E-state index contributed by atoms with van der Waals surface area (Å²) in [5.41, 5.74) is 0.0864. The molecule has 6 nitrogen and oxygen atoms in total. The zero-order valence-corrected chi connectivity index (χ0v) is 11.0. The Balaban J connectivity index is 2.34. The molecule has 19 heavy (non-hydrogen) atoms. The van der Waals surface area contributed by atoms with Crippen LogP contribution in [-0.4, -0.2) is 34.7 Å². The highest BCUT2D eigenvalue weighted by Crippen LogP contribution is 2.06. The molecule has 1 rings (SSSR count). The molecular weight excluding hydrogens is 248 g/mol. The number of nitrogens with one attached hydrogen (secondary N) is 1. The second-order valence-corrected chi connectivity index (χ2v) is 4.31. The largest absolute Gasteiger partial charge is 0.478 e. The molecule has 0 aromatic carbocycles. The van der Waals surface area contributed by atoms with Crippen molar-refractivity contribution in [2.75, 3.05) is 11.9 Å². The zero-order valence-electron chi connectivity index (χ0n) is 11.0. The van der Waals surface area contributed by atoms with Crippen LogP contribution in [0.15, 0.2) is 18.3 Å². The third kappa shape index (κ3) is 5.96. The Morgan fingerprint density at radius 1 is 1.42 bits per heavy atom. The van der Waals surface area contributed by atoms with E-state index in [1.807, 2.05) is 13.8 Å². The summed E-state index contributed by atoms with van der Waals surface area (Å²) in [7, 11) is 0. The fourth-order valence-electron chi connectivity index (χ4n) is 1.35. The Morgan fingerprint density at radius 2 is 2.16 bits per heavy atom. The number of carbonyl (C=O) groups excluding carboxylic acids is 1. The van der Waals surface area contributed by atoms with Gasteiger partial charge in [-0.15, -0.1) is 0 Å². The normalized spacial score (nSPS) is 10.5. The SMILES string of the molecule is CC(C)OCCCC(=O)Nc1ccc(C(=O)O)cn1. The van der Waals surface area contributed by atoms with Gasteiger partial charge in [0.15, 0.2) is 0 Å². The summed E-state index contributed by atoms with van der Waals surface area (Å²) in [5.74, 6) is -0.862. The van der Waals surface area contributed by atoms with Crippen LogP contribution in [0.1, 0.15) is 37.0 Å². The van der Waals surface area contributed by atoms with Gasteiger partial charge in [0.2, 0.25) is 5.91 Å². The third-order valence-electron chi connectivity index (χ3n) is 2.28. The average Bonchev–Trinajstić information content (AvgIpc) is 2.35. The predicted molar refractivity (Wildman–Crippen MR) is 70.1 cm³/mol. The molecule has 0 aliphatic heterocycles. The van der Waals surface area contributed by atoms with E-state index < -0.39 is 5.97 Å². The van der Waals surface area contributed by atoms with Gasteiger partial charge < -0.3 is 15.2 Å². The number of hydrogen-bond donors (Lipinski definition) is 2. The number of carbonyl (C=O) groups is 2. The highest BCUT2D eigenvalue weighted by molar-refractivity contribution is 5.91. The lowest BCUT2D eigenvalue weighted by atomic mass is 10.3. The molecule has 0 unspecified atom stereocenters. The molecule has 1 aromatic rings. The average molecular weight is 266 g/mol. The molecule has 0 spiro atoms. The van der Waals surface area contributed by atoms with Crippen LogP contribution >= 0.6 is 0 Å². The number of carboxylic acids is 1. The van der Waals surface area contributed by atoms with Crippen molar-refractivity contribution in [2.24, 2.45) is 0 Å². The van der Waals surface area contributed by atoms with Crippen LogP contribution < -0.4 is 5.32 Å². The number of rotatable bonds is 7.